The Morgan fingerprint density at radius 1 is 0.818 bits per heavy atom. The summed E-state index contributed by atoms with van der Waals surface area (Å²) >= 11 is 3.44. The molecule has 2 unspecified atom stereocenters. The molecule has 2 aromatic heterocycles. The van der Waals surface area contributed by atoms with Crippen LogP contribution in [-0.4, -0.2) is 46.4 Å². The molecule has 0 amide bonds. The smallest absolute Gasteiger partial charge is 0.134 e. The van der Waals surface area contributed by atoms with Crippen LogP contribution in [0.3, 0.4) is 0 Å². The van der Waals surface area contributed by atoms with Crippen molar-refractivity contribution in [3.8, 4) is 0 Å². The topological polar surface area (TPSA) is 70.0 Å². The minimum absolute atomic E-state index is 0.360. The summed E-state index contributed by atoms with van der Waals surface area (Å²) in [6, 6.07) is 12.1. The molecule has 2 aliphatic heterocycles. The predicted octanol–water partition coefficient (Wildman–Crippen LogP) is 5.67. The summed E-state index contributed by atoms with van der Waals surface area (Å²) in [5.74, 6) is 2.54. The quantitative estimate of drug-likeness (QED) is 0.357. The van der Waals surface area contributed by atoms with Crippen LogP contribution in [0.15, 0.2) is 59.8 Å². The molecule has 6 rings (SSSR count). The van der Waals surface area contributed by atoms with Gasteiger partial charge in [-0.1, -0.05) is 34.7 Å². The zero-order chi connectivity index (χ0) is 22.6. The third-order valence-corrected chi connectivity index (χ3v) is 6.50. The molecule has 2 fully saturated rings. The standard InChI is InChI=1S/C14H14N2O.C12H11BrN2O/c1-2-10-3-4-13-12(7-10)8-15-14(16-13)11-5-6-17-9-11;13-10-1-2-11-9(5-10)6-14-12(15-11)8-3-4-16-7-8/h2-4,7-8,11H,1,5-6,9H2;1-2,5-6,8H,3-4,7H2. The molecule has 0 N–H and O–H groups in total. The second-order valence-electron chi connectivity index (χ2n) is 8.30. The molecule has 4 aromatic rings. The zero-order valence-electron chi connectivity index (χ0n) is 18.3. The van der Waals surface area contributed by atoms with Crippen LogP contribution in [0.2, 0.25) is 0 Å². The van der Waals surface area contributed by atoms with E-state index in [0.717, 1.165) is 82.8 Å². The molecular formula is C26H25BrN4O2. The molecular weight excluding hydrogens is 480 g/mol. The van der Waals surface area contributed by atoms with Crippen LogP contribution in [-0.2, 0) is 9.47 Å². The Bertz CT molecular complexity index is 1280. The normalized spacial score (nSPS) is 20.0. The first-order chi connectivity index (χ1) is 16.2. The second-order valence-corrected chi connectivity index (χ2v) is 9.22. The highest BCUT2D eigenvalue weighted by Crippen LogP contribution is 2.25. The minimum atomic E-state index is 0.360. The fraction of sp³-hybridized carbons (Fsp3) is 0.308. The molecule has 0 bridgehead atoms. The third-order valence-electron chi connectivity index (χ3n) is 6.01. The number of ether oxygens (including phenoxy) is 2. The molecule has 0 spiro atoms. The number of rotatable bonds is 3. The first-order valence-electron chi connectivity index (χ1n) is 11.2. The lowest BCUT2D eigenvalue weighted by Crippen LogP contribution is -2.03. The number of hydrogen-bond acceptors (Lipinski definition) is 6. The van der Waals surface area contributed by atoms with Crippen molar-refractivity contribution in [1.82, 2.24) is 19.9 Å². The van der Waals surface area contributed by atoms with Crippen LogP contribution < -0.4 is 0 Å². The van der Waals surface area contributed by atoms with E-state index in [9.17, 15) is 0 Å². The van der Waals surface area contributed by atoms with Crippen LogP contribution in [0.25, 0.3) is 27.9 Å². The van der Waals surface area contributed by atoms with E-state index < -0.39 is 0 Å². The average Bonchev–Trinajstić information content (AvgIpc) is 3.58. The van der Waals surface area contributed by atoms with E-state index in [1.165, 1.54) is 0 Å². The second kappa shape index (κ2) is 10.0. The molecule has 2 saturated heterocycles. The lowest BCUT2D eigenvalue weighted by molar-refractivity contribution is 0.193. The fourth-order valence-corrected chi connectivity index (χ4v) is 4.46. The Balaban J connectivity index is 0.000000139. The predicted molar refractivity (Wildman–Crippen MR) is 133 cm³/mol. The Kier molecular flexibility index (Phi) is 6.71. The van der Waals surface area contributed by atoms with Crippen molar-refractivity contribution in [1.29, 1.82) is 0 Å². The SMILES string of the molecule is Brc1ccc2nc(C3CCOC3)ncc2c1.C=Cc1ccc2nc(C3CCOC3)ncc2c1. The Labute approximate surface area is 201 Å². The third kappa shape index (κ3) is 5.11. The molecule has 7 heteroatoms. The van der Waals surface area contributed by atoms with E-state index in [1.54, 1.807) is 0 Å². The minimum Gasteiger partial charge on any atom is -0.381 e. The summed E-state index contributed by atoms with van der Waals surface area (Å²) in [7, 11) is 0. The maximum Gasteiger partial charge on any atom is 0.134 e. The van der Waals surface area contributed by atoms with Gasteiger partial charge in [0.1, 0.15) is 11.6 Å². The first-order valence-corrected chi connectivity index (χ1v) is 12.0. The molecule has 2 atom stereocenters. The van der Waals surface area contributed by atoms with E-state index in [1.807, 2.05) is 48.8 Å². The summed E-state index contributed by atoms with van der Waals surface area (Å²) < 4.78 is 11.8. The highest BCUT2D eigenvalue weighted by molar-refractivity contribution is 9.10. The van der Waals surface area contributed by atoms with Crippen molar-refractivity contribution in [3.63, 3.8) is 0 Å². The van der Waals surface area contributed by atoms with Gasteiger partial charge in [0.25, 0.3) is 0 Å². The van der Waals surface area contributed by atoms with Crippen molar-refractivity contribution in [2.45, 2.75) is 24.7 Å². The molecule has 2 aliphatic rings. The van der Waals surface area contributed by atoms with Crippen molar-refractivity contribution in [2.75, 3.05) is 26.4 Å². The van der Waals surface area contributed by atoms with E-state index >= 15 is 0 Å². The number of aromatic nitrogens is 4. The van der Waals surface area contributed by atoms with Gasteiger partial charge in [0.15, 0.2) is 0 Å². The summed E-state index contributed by atoms with van der Waals surface area (Å²) in [6.07, 6.45) is 7.67. The zero-order valence-corrected chi connectivity index (χ0v) is 19.9. The maximum absolute atomic E-state index is 5.37. The number of benzene rings is 2. The van der Waals surface area contributed by atoms with Gasteiger partial charge in [-0.15, -0.1) is 0 Å². The molecule has 4 heterocycles. The van der Waals surface area contributed by atoms with Crippen molar-refractivity contribution >= 4 is 43.8 Å². The molecule has 0 radical (unpaired) electrons. The molecule has 0 aliphatic carbocycles. The maximum atomic E-state index is 5.37. The number of hydrogen-bond donors (Lipinski definition) is 0. The summed E-state index contributed by atoms with van der Waals surface area (Å²) in [5, 5.41) is 2.13. The fourth-order valence-electron chi connectivity index (χ4n) is 4.08. The highest BCUT2D eigenvalue weighted by atomic mass is 79.9. The van der Waals surface area contributed by atoms with Gasteiger partial charge in [0.2, 0.25) is 0 Å². The van der Waals surface area contributed by atoms with Gasteiger partial charge >= 0.3 is 0 Å². The Hall–Kier alpha value is -2.74. The van der Waals surface area contributed by atoms with E-state index in [0.29, 0.717) is 11.8 Å². The number of fused-ring (bicyclic) bond motifs is 2. The van der Waals surface area contributed by atoms with Crippen LogP contribution in [0.4, 0.5) is 0 Å². The van der Waals surface area contributed by atoms with Gasteiger partial charge in [-0.3, -0.25) is 0 Å². The summed E-state index contributed by atoms with van der Waals surface area (Å²) in [4.78, 5) is 18.1. The molecule has 33 heavy (non-hydrogen) atoms. The lowest BCUT2D eigenvalue weighted by atomic mass is 10.1. The first kappa shape index (κ1) is 22.1. The van der Waals surface area contributed by atoms with E-state index in [2.05, 4.69) is 48.5 Å². The van der Waals surface area contributed by atoms with Crippen molar-refractivity contribution < 1.29 is 9.47 Å². The van der Waals surface area contributed by atoms with Gasteiger partial charge in [-0.2, -0.15) is 0 Å². The van der Waals surface area contributed by atoms with E-state index in [-0.39, 0.29) is 0 Å². The largest absolute Gasteiger partial charge is 0.381 e. The summed E-state index contributed by atoms with van der Waals surface area (Å²) in [5.41, 5.74) is 3.09. The van der Waals surface area contributed by atoms with Gasteiger partial charge in [0.05, 0.1) is 24.2 Å². The van der Waals surface area contributed by atoms with Crippen LogP contribution in [0.5, 0.6) is 0 Å². The number of nitrogens with zero attached hydrogens (tertiary/aromatic N) is 4. The van der Waals surface area contributed by atoms with Crippen molar-refractivity contribution in [2.24, 2.45) is 0 Å². The summed E-state index contributed by atoms with van der Waals surface area (Å²) in [6.45, 7) is 6.91. The van der Waals surface area contributed by atoms with Gasteiger partial charge < -0.3 is 9.47 Å². The average molecular weight is 505 g/mol. The van der Waals surface area contributed by atoms with Crippen LogP contribution in [0.1, 0.15) is 41.9 Å². The Morgan fingerprint density at radius 2 is 1.39 bits per heavy atom. The lowest BCUT2D eigenvalue weighted by Gasteiger charge is -2.07. The molecule has 168 valence electrons. The van der Waals surface area contributed by atoms with Crippen LogP contribution >= 0.6 is 15.9 Å². The van der Waals surface area contributed by atoms with Crippen LogP contribution in [0, 0.1) is 0 Å². The van der Waals surface area contributed by atoms with Gasteiger partial charge in [-0.25, -0.2) is 19.9 Å². The van der Waals surface area contributed by atoms with E-state index in [4.69, 9.17) is 9.47 Å². The monoisotopic (exact) mass is 504 g/mol. The van der Waals surface area contributed by atoms with Gasteiger partial charge in [0, 0.05) is 52.7 Å². The van der Waals surface area contributed by atoms with Gasteiger partial charge in [-0.05, 0) is 48.7 Å². The van der Waals surface area contributed by atoms with Crippen molar-refractivity contribution in [3.05, 3.63) is 77.1 Å². The highest BCUT2D eigenvalue weighted by Gasteiger charge is 2.21. The molecule has 2 aromatic carbocycles. The molecule has 0 saturated carbocycles. The number of halogens is 1. The Morgan fingerprint density at radius 3 is 1.94 bits per heavy atom. The molecule has 6 nitrogen and oxygen atoms in total.